The van der Waals surface area contributed by atoms with E-state index in [4.69, 9.17) is 16.3 Å². The van der Waals surface area contributed by atoms with Crippen LogP contribution in [-0.2, 0) is 6.42 Å². The van der Waals surface area contributed by atoms with Crippen molar-refractivity contribution >= 4 is 38.9 Å². The predicted octanol–water partition coefficient (Wildman–Crippen LogP) is 6.21. The first kappa shape index (κ1) is 16.3. The van der Waals surface area contributed by atoms with E-state index < -0.39 is 0 Å². The lowest BCUT2D eigenvalue weighted by molar-refractivity contribution is 0.300. The van der Waals surface area contributed by atoms with Crippen LogP contribution in [0.15, 0.2) is 22.1 Å². The summed E-state index contributed by atoms with van der Waals surface area (Å²) in [7, 11) is 0. The van der Waals surface area contributed by atoms with Gasteiger partial charge >= 0.3 is 0 Å². The Labute approximate surface area is 149 Å². The first-order chi connectivity index (χ1) is 10.5. The van der Waals surface area contributed by atoms with Crippen molar-refractivity contribution in [3.63, 3.8) is 0 Å². The van der Waals surface area contributed by atoms with Crippen molar-refractivity contribution in [2.75, 3.05) is 6.61 Å². The SMILES string of the molecule is CC(C)Cc1sc(Br)nc1-c1ccc(OCC2CC2)c(Cl)c1. The first-order valence-electron chi connectivity index (χ1n) is 7.61. The van der Waals surface area contributed by atoms with Crippen LogP contribution in [0.2, 0.25) is 5.02 Å². The molecule has 1 aromatic carbocycles. The second kappa shape index (κ2) is 6.90. The molecule has 0 unspecified atom stereocenters. The molecule has 5 heteroatoms. The molecule has 0 aliphatic heterocycles. The number of ether oxygens (including phenoxy) is 1. The van der Waals surface area contributed by atoms with Crippen molar-refractivity contribution in [1.29, 1.82) is 0 Å². The number of halogens is 2. The molecule has 1 aliphatic rings. The second-order valence-electron chi connectivity index (χ2n) is 6.24. The lowest BCUT2D eigenvalue weighted by atomic mass is 10.0. The Hall–Kier alpha value is -0.580. The Kier molecular flexibility index (Phi) is 5.10. The minimum absolute atomic E-state index is 0.600. The smallest absolute Gasteiger partial charge is 0.160 e. The fourth-order valence-corrected chi connectivity index (χ4v) is 4.33. The Morgan fingerprint density at radius 3 is 2.82 bits per heavy atom. The van der Waals surface area contributed by atoms with Crippen LogP contribution < -0.4 is 4.74 Å². The molecule has 1 aromatic heterocycles. The minimum atomic E-state index is 0.600. The van der Waals surface area contributed by atoms with Gasteiger partial charge in [-0.2, -0.15) is 0 Å². The Bertz CT molecular complexity index is 667. The number of hydrogen-bond donors (Lipinski definition) is 0. The summed E-state index contributed by atoms with van der Waals surface area (Å²) in [6.45, 7) is 5.22. The van der Waals surface area contributed by atoms with E-state index in [1.165, 1.54) is 17.7 Å². The molecule has 1 heterocycles. The van der Waals surface area contributed by atoms with Gasteiger partial charge in [0, 0.05) is 10.4 Å². The normalized spacial score (nSPS) is 14.6. The molecule has 3 rings (SSSR count). The van der Waals surface area contributed by atoms with E-state index in [9.17, 15) is 0 Å². The molecule has 2 aromatic rings. The van der Waals surface area contributed by atoms with Gasteiger partial charge < -0.3 is 4.74 Å². The molecule has 1 aliphatic carbocycles. The van der Waals surface area contributed by atoms with Crippen LogP contribution in [0, 0.1) is 11.8 Å². The zero-order chi connectivity index (χ0) is 15.7. The van der Waals surface area contributed by atoms with Gasteiger partial charge in [0.25, 0.3) is 0 Å². The lowest BCUT2D eigenvalue weighted by Crippen LogP contribution is -1.99. The fraction of sp³-hybridized carbons (Fsp3) is 0.471. The lowest BCUT2D eigenvalue weighted by Gasteiger charge is -2.10. The summed E-state index contributed by atoms with van der Waals surface area (Å²) in [5.74, 6) is 2.10. The van der Waals surface area contributed by atoms with Crippen LogP contribution in [0.1, 0.15) is 31.6 Å². The molecule has 22 heavy (non-hydrogen) atoms. The highest BCUT2D eigenvalue weighted by Crippen LogP contribution is 2.37. The van der Waals surface area contributed by atoms with Gasteiger partial charge in [-0.05, 0) is 65.2 Å². The number of aromatic nitrogens is 1. The van der Waals surface area contributed by atoms with Crippen molar-refractivity contribution < 1.29 is 4.74 Å². The van der Waals surface area contributed by atoms with Crippen molar-refractivity contribution in [3.8, 4) is 17.0 Å². The quantitative estimate of drug-likeness (QED) is 0.574. The van der Waals surface area contributed by atoms with Crippen LogP contribution in [0.25, 0.3) is 11.3 Å². The van der Waals surface area contributed by atoms with Crippen LogP contribution in [0.3, 0.4) is 0 Å². The number of nitrogens with zero attached hydrogens (tertiary/aromatic N) is 1. The number of benzene rings is 1. The largest absolute Gasteiger partial charge is 0.492 e. The number of rotatable bonds is 6. The molecule has 0 bridgehead atoms. The highest BCUT2D eigenvalue weighted by molar-refractivity contribution is 9.11. The molecule has 0 N–H and O–H groups in total. The van der Waals surface area contributed by atoms with Gasteiger partial charge in [0.05, 0.1) is 17.3 Å². The fourth-order valence-electron chi connectivity index (χ4n) is 2.32. The highest BCUT2D eigenvalue weighted by atomic mass is 79.9. The summed E-state index contributed by atoms with van der Waals surface area (Å²) in [5, 5.41) is 0.665. The van der Waals surface area contributed by atoms with Crippen molar-refractivity contribution in [1.82, 2.24) is 4.98 Å². The maximum absolute atomic E-state index is 6.39. The van der Waals surface area contributed by atoms with Crippen LogP contribution in [-0.4, -0.2) is 11.6 Å². The topological polar surface area (TPSA) is 22.1 Å². The second-order valence-corrected chi connectivity index (χ2v) is 9.00. The van der Waals surface area contributed by atoms with E-state index in [1.807, 2.05) is 12.1 Å². The maximum atomic E-state index is 6.39. The number of thiazole rings is 1. The van der Waals surface area contributed by atoms with Crippen molar-refractivity contribution in [2.24, 2.45) is 11.8 Å². The third kappa shape index (κ3) is 4.03. The minimum Gasteiger partial charge on any atom is -0.492 e. The Morgan fingerprint density at radius 2 is 2.18 bits per heavy atom. The molecule has 1 fully saturated rings. The van der Waals surface area contributed by atoms with E-state index in [-0.39, 0.29) is 0 Å². The van der Waals surface area contributed by atoms with E-state index in [1.54, 1.807) is 11.3 Å². The molecule has 0 saturated heterocycles. The predicted molar refractivity (Wildman–Crippen MR) is 97.0 cm³/mol. The van der Waals surface area contributed by atoms with Gasteiger partial charge in [-0.3, -0.25) is 0 Å². The average Bonchev–Trinajstić information content (AvgIpc) is 3.20. The van der Waals surface area contributed by atoms with E-state index in [2.05, 4.69) is 40.8 Å². The van der Waals surface area contributed by atoms with E-state index in [0.29, 0.717) is 10.9 Å². The number of hydrogen-bond acceptors (Lipinski definition) is 3. The zero-order valence-corrected chi connectivity index (χ0v) is 15.9. The highest BCUT2D eigenvalue weighted by Gasteiger charge is 2.22. The van der Waals surface area contributed by atoms with Gasteiger partial charge in [0.1, 0.15) is 5.75 Å². The van der Waals surface area contributed by atoms with Gasteiger partial charge in [-0.1, -0.05) is 25.4 Å². The van der Waals surface area contributed by atoms with Gasteiger partial charge in [-0.15, -0.1) is 11.3 Å². The van der Waals surface area contributed by atoms with Crippen LogP contribution in [0.4, 0.5) is 0 Å². The molecule has 0 amide bonds. The standard InChI is InChI=1S/C17H19BrClNOS/c1-10(2)7-15-16(20-17(18)22-15)12-5-6-14(13(19)8-12)21-9-11-3-4-11/h5-6,8,10-11H,3-4,7,9H2,1-2H3. The van der Waals surface area contributed by atoms with E-state index >= 15 is 0 Å². The molecule has 2 nitrogen and oxygen atoms in total. The molecule has 0 radical (unpaired) electrons. The summed E-state index contributed by atoms with van der Waals surface area (Å²) in [4.78, 5) is 5.92. The summed E-state index contributed by atoms with van der Waals surface area (Å²) >= 11 is 11.6. The third-order valence-electron chi connectivity index (χ3n) is 3.64. The van der Waals surface area contributed by atoms with Crippen molar-refractivity contribution in [2.45, 2.75) is 33.1 Å². The van der Waals surface area contributed by atoms with Gasteiger partial charge in [-0.25, -0.2) is 4.98 Å². The molecule has 0 spiro atoms. The zero-order valence-electron chi connectivity index (χ0n) is 12.7. The Balaban J connectivity index is 1.83. The molecular formula is C17H19BrClNOS. The van der Waals surface area contributed by atoms with Crippen LogP contribution in [0.5, 0.6) is 5.75 Å². The van der Waals surface area contributed by atoms with E-state index in [0.717, 1.165) is 39.9 Å². The van der Waals surface area contributed by atoms with Gasteiger partial charge in [0.15, 0.2) is 3.92 Å². The van der Waals surface area contributed by atoms with Crippen LogP contribution >= 0.6 is 38.9 Å². The maximum Gasteiger partial charge on any atom is 0.160 e. The van der Waals surface area contributed by atoms with Gasteiger partial charge in [0.2, 0.25) is 0 Å². The Morgan fingerprint density at radius 1 is 1.41 bits per heavy atom. The average molecular weight is 401 g/mol. The molecule has 1 saturated carbocycles. The third-order valence-corrected chi connectivity index (χ3v) is 5.47. The molecule has 0 atom stereocenters. The molecular weight excluding hydrogens is 382 g/mol. The summed E-state index contributed by atoms with van der Waals surface area (Å²) in [6.07, 6.45) is 3.58. The summed E-state index contributed by atoms with van der Waals surface area (Å²) in [6, 6.07) is 5.99. The monoisotopic (exact) mass is 399 g/mol. The summed E-state index contributed by atoms with van der Waals surface area (Å²) in [5.41, 5.74) is 2.09. The van der Waals surface area contributed by atoms with Crippen molar-refractivity contribution in [3.05, 3.63) is 32.0 Å². The first-order valence-corrected chi connectivity index (χ1v) is 9.59. The summed E-state index contributed by atoms with van der Waals surface area (Å²) < 4.78 is 6.71. The molecule has 118 valence electrons.